The van der Waals surface area contributed by atoms with Crippen LogP contribution in [0.3, 0.4) is 0 Å². The average molecular weight is 371 g/mol. The predicted octanol–water partition coefficient (Wildman–Crippen LogP) is 2.27. The molecule has 3 N–H and O–H groups in total. The van der Waals surface area contributed by atoms with Gasteiger partial charge in [-0.1, -0.05) is 12.1 Å². The molecule has 0 saturated carbocycles. The molecular formula is C19H30ClN3O2. The van der Waals surface area contributed by atoms with Crippen molar-refractivity contribution in [2.75, 3.05) is 33.2 Å². The Morgan fingerprint density at radius 2 is 2.16 bits per heavy atom. The first-order valence-corrected chi connectivity index (χ1v) is 8.77. The van der Waals surface area contributed by atoms with Gasteiger partial charge in [0.15, 0.2) is 0 Å². The maximum atomic E-state index is 11.1. The van der Waals surface area contributed by atoms with Crippen LogP contribution in [0, 0.1) is 18.8 Å². The van der Waals surface area contributed by atoms with Gasteiger partial charge in [-0.05, 0) is 74.8 Å². The zero-order valence-electron chi connectivity index (χ0n) is 17.7. The van der Waals surface area contributed by atoms with Gasteiger partial charge in [-0.15, -0.1) is 12.4 Å². The van der Waals surface area contributed by atoms with Crippen LogP contribution in [0.25, 0.3) is 0 Å². The molecule has 0 aliphatic carbocycles. The average Bonchev–Trinajstić information content (AvgIpc) is 3.05. The number of likely N-dealkylation sites (tertiary alicyclic amines) is 1. The number of methoxy groups -OCH3 is 1. The van der Waals surface area contributed by atoms with Crippen LogP contribution in [0.15, 0.2) is 18.2 Å². The van der Waals surface area contributed by atoms with E-state index in [1.165, 1.54) is 0 Å². The number of ether oxygens (including phenoxy) is 1. The van der Waals surface area contributed by atoms with E-state index in [-0.39, 0.29) is 24.4 Å². The minimum atomic E-state index is -2.45. The fourth-order valence-electron chi connectivity index (χ4n) is 4.41. The van der Waals surface area contributed by atoms with E-state index in [0.29, 0.717) is 24.1 Å². The summed E-state index contributed by atoms with van der Waals surface area (Å²) in [7, 11) is -2.45. The highest BCUT2D eigenvalue weighted by Crippen LogP contribution is 2.41. The molecule has 1 unspecified atom stereocenters. The normalized spacial score (nSPS) is 27.0. The summed E-state index contributed by atoms with van der Waals surface area (Å²) in [6.45, 7) is 5.03. The number of rotatable bonds is 5. The zero-order chi connectivity index (χ0) is 19.6. The van der Waals surface area contributed by atoms with Crippen LogP contribution in [-0.2, 0) is 4.79 Å². The summed E-state index contributed by atoms with van der Waals surface area (Å²) < 4.78 is 27.3. The highest BCUT2D eigenvalue weighted by Gasteiger charge is 2.36. The number of primary amides is 1. The topological polar surface area (TPSA) is 67.6 Å². The maximum Gasteiger partial charge on any atom is 0.231 e. The molecule has 5 nitrogen and oxygen atoms in total. The molecular weight excluding hydrogens is 338 g/mol. The Morgan fingerprint density at radius 1 is 1.40 bits per heavy atom. The molecule has 2 fully saturated rings. The van der Waals surface area contributed by atoms with E-state index < -0.39 is 7.04 Å². The van der Waals surface area contributed by atoms with Gasteiger partial charge in [0.25, 0.3) is 0 Å². The Balaban J connectivity index is 0.00000280. The second kappa shape index (κ2) is 8.88. The molecule has 25 heavy (non-hydrogen) atoms. The molecule has 0 bridgehead atoms. The van der Waals surface area contributed by atoms with Crippen LogP contribution >= 0.6 is 12.4 Å². The van der Waals surface area contributed by atoms with Crippen molar-refractivity contribution in [3.8, 4) is 5.75 Å². The summed E-state index contributed by atoms with van der Waals surface area (Å²) in [5, 5.41) is 3.61. The number of hydrogen-bond acceptors (Lipinski definition) is 4. The minimum Gasteiger partial charge on any atom is -0.496 e. The fraction of sp³-hybridized carbons (Fsp3) is 0.632. The third-order valence-corrected chi connectivity index (χ3v) is 5.66. The van der Waals surface area contributed by atoms with Crippen LogP contribution in [0.4, 0.5) is 0 Å². The Kier molecular flexibility index (Phi) is 5.65. The van der Waals surface area contributed by atoms with Crippen molar-refractivity contribution < 1.29 is 13.6 Å². The lowest BCUT2D eigenvalue weighted by atomic mass is 9.77. The first-order chi connectivity index (χ1) is 12.7. The maximum absolute atomic E-state index is 11.1. The molecule has 6 heteroatoms. The minimum absolute atomic E-state index is 0. The molecule has 0 aromatic heterocycles. The van der Waals surface area contributed by atoms with Crippen LogP contribution < -0.4 is 15.8 Å². The highest BCUT2D eigenvalue weighted by atomic mass is 35.5. The van der Waals surface area contributed by atoms with Crippen LogP contribution in [0.1, 0.15) is 40.5 Å². The molecule has 2 heterocycles. The van der Waals surface area contributed by atoms with Crippen molar-refractivity contribution in [1.29, 1.82) is 0 Å². The second-order valence-corrected chi connectivity index (χ2v) is 7.04. The molecule has 140 valence electrons. The molecule has 3 rings (SSSR count). The van der Waals surface area contributed by atoms with E-state index in [2.05, 4.69) is 16.3 Å². The summed E-state index contributed by atoms with van der Waals surface area (Å²) in [6.07, 6.45) is 3.22. The number of hydrogen-bond donors (Lipinski definition) is 2. The van der Waals surface area contributed by atoms with E-state index in [9.17, 15) is 4.79 Å². The van der Waals surface area contributed by atoms with Crippen LogP contribution in [0.5, 0.6) is 5.75 Å². The highest BCUT2D eigenvalue weighted by molar-refractivity contribution is 5.85. The molecule has 2 aliphatic heterocycles. The van der Waals surface area contributed by atoms with Crippen molar-refractivity contribution in [1.82, 2.24) is 10.2 Å². The number of nitrogens with one attached hydrogen (secondary N) is 1. The first kappa shape index (κ1) is 15.9. The zero-order valence-corrected chi connectivity index (χ0v) is 15.5. The molecule has 1 amide bonds. The number of carbonyl (C=O) groups excluding carboxylic acids is 1. The van der Waals surface area contributed by atoms with Crippen molar-refractivity contribution in [3.05, 3.63) is 29.3 Å². The molecule has 1 aromatic carbocycles. The molecule has 1 aromatic rings. The Morgan fingerprint density at radius 3 is 2.84 bits per heavy atom. The number of halogens is 1. The molecule has 0 spiro atoms. The van der Waals surface area contributed by atoms with Gasteiger partial charge < -0.3 is 15.8 Å². The first-order valence-electron chi connectivity index (χ1n) is 10.3. The summed E-state index contributed by atoms with van der Waals surface area (Å²) in [5.74, 6) is 1.25. The lowest BCUT2D eigenvalue weighted by molar-refractivity contribution is -0.119. The Labute approximate surface area is 160 Å². The van der Waals surface area contributed by atoms with Crippen molar-refractivity contribution in [2.45, 2.75) is 32.2 Å². The van der Waals surface area contributed by atoms with Gasteiger partial charge in [0.2, 0.25) is 5.91 Å². The molecule has 2 atom stereocenters. The SMILES string of the molecule is Cl.[2H]C([2H])([2H])Oc1cccc([C@H]2NCCC2C2CCN(CC(N)=O)CC2)c1C. The van der Waals surface area contributed by atoms with E-state index in [1.807, 2.05) is 13.0 Å². The molecule has 0 radical (unpaired) electrons. The summed E-state index contributed by atoms with van der Waals surface area (Å²) in [4.78, 5) is 13.3. The third kappa shape index (κ3) is 4.46. The van der Waals surface area contributed by atoms with Gasteiger partial charge >= 0.3 is 0 Å². The molecule has 2 aliphatic rings. The van der Waals surface area contributed by atoms with E-state index in [4.69, 9.17) is 14.6 Å². The lowest BCUT2D eigenvalue weighted by Crippen LogP contribution is -2.41. The van der Waals surface area contributed by atoms with Crippen molar-refractivity contribution in [3.63, 3.8) is 0 Å². The molecule has 2 saturated heterocycles. The van der Waals surface area contributed by atoms with Crippen molar-refractivity contribution in [2.24, 2.45) is 17.6 Å². The van der Waals surface area contributed by atoms with Crippen LogP contribution in [0.2, 0.25) is 0 Å². The number of benzene rings is 1. The van der Waals surface area contributed by atoms with Gasteiger partial charge in [0.05, 0.1) is 17.7 Å². The summed E-state index contributed by atoms with van der Waals surface area (Å²) in [5.41, 5.74) is 7.33. The monoisotopic (exact) mass is 370 g/mol. The van der Waals surface area contributed by atoms with E-state index in [1.54, 1.807) is 6.07 Å². The van der Waals surface area contributed by atoms with E-state index >= 15 is 0 Å². The quantitative estimate of drug-likeness (QED) is 0.834. The van der Waals surface area contributed by atoms with E-state index in [0.717, 1.165) is 50.0 Å². The lowest BCUT2D eigenvalue weighted by Gasteiger charge is -2.36. The standard InChI is InChI=1S/C19H29N3O2.ClH/c1-13-15(4-3-5-17(13)24-2)19-16(6-9-21-19)14-7-10-22(11-8-14)12-18(20)23;/h3-5,14,16,19,21H,6-12H2,1-2H3,(H2,20,23);1H/t16?,19-;/m1./s1/i2D3;. The Bertz CT molecular complexity index is 679. The third-order valence-electron chi connectivity index (χ3n) is 5.66. The van der Waals surface area contributed by atoms with Gasteiger partial charge in [0, 0.05) is 6.04 Å². The fourth-order valence-corrected chi connectivity index (χ4v) is 4.41. The van der Waals surface area contributed by atoms with Crippen LogP contribution in [-0.4, -0.2) is 44.0 Å². The Hall–Kier alpha value is -1.30. The smallest absolute Gasteiger partial charge is 0.231 e. The van der Waals surface area contributed by atoms with Gasteiger partial charge in [0.1, 0.15) is 5.75 Å². The largest absolute Gasteiger partial charge is 0.496 e. The number of nitrogens with zero attached hydrogens (tertiary/aromatic N) is 1. The number of amides is 1. The predicted molar refractivity (Wildman–Crippen MR) is 102 cm³/mol. The number of carbonyl (C=O) groups is 1. The summed E-state index contributed by atoms with van der Waals surface area (Å²) in [6, 6.07) is 5.87. The number of nitrogens with two attached hydrogens (primary N) is 1. The summed E-state index contributed by atoms with van der Waals surface area (Å²) >= 11 is 0. The van der Waals surface area contributed by atoms with Gasteiger partial charge in [-0.3, -0.25) is 9.69 Å². The van der Waals surface area contributed by atoms with Crippen molar-refractivity contribution >= 4 is 18.3 Å². The number of piperidine rings is 1. The van der Waals surface area contributed by atoms with Gasteiger partial charge in [-0.25, -0.2) is 0 Å². The van der Waals surface area contributed by atoms with Gasteiger partial charge in [-0.2, -0.15) is 0 Å². The second-order valence-electron chi connectivity index (χ2n) is 7.04.